The zero-order valence-corrected chi connectivity index (χ0v) is 10.6. The summed E-state index contributed by atoms with van der Waals surface area (Å²) in [6.45, 7) is 1.83. The van der Waals surface area contributed by atoms with Gasteiger partial charge in [0.05, 0.1) is 11.4 Å². The van der Waals surface area contributed by atoms with Gasteiger partial charge < -0.3 is 5.73 Å². The van der Waals surface area contributed by atoms with Gasteiger partial charge in [-0.15, -0.1) is 0 Å². The summed E-state index contributed by atoms with van der Waals surface area (Å²) in [6, 6.07) is 9.53. The Labute approximate surface area is 110 Å². The third-order valence-electron chi connectivity index (χ3n) is 2.46. The van der Waals surface area contributed by atoms with Crippen LogP contribution in [-0.2, 0) is 4.79 Å². The summed E-state index contributed by atoms with van der Waals surface area (Å²) in [4.78, 5) is 10.7. The van der Waals surface area contributed by atoms with Crippen LogP contribution in [0.5, 0.6) is 0 Å². The number of hydrogen-bond donors (Lipinski definition) is 1. The normalized spacial score (nSPS) is 11.0. The van der Waals surface area contributed by atoms with E-state index in [1.807, 2.05) is 37.3 Å². The number of carbonyl (C=O) groups is 1. The first kappa shape index (κ1) is 12.4. The fourth-order valence-corrected chi connectivity index (χ4v) is 1.94. The lowest BCUT2D eigenvalue weighted by molar-refractivity contribution is -0.113. The predicted octanol–water partition coefficient (Wildman–Crippen LogP) is 2.33. The van der Waals surface area contributed by atoms with Gasteiger partial charge in [-0.05, 0) is 25.1 Å². The lowest BCUT2D eigenvalue weighted by Gasteiger charge is -2.01. The summed E-state index contributed by atoms with van der Waals surface area (Å²) in [5, 5.41) is 4.79. The fraction of sp³-hybridized carbons (Fsp3) is 0.0769. The van der Waals surface area contributed by atoms with E-state index in [-0.39, 0.29) is 0 Å². The number of nitrogens with zero attached hydrogens (tertiary/aromatic N) is 2. The molecular formula is C13H12ClN3O. The molecule has 1 aromatic carbocycles. The van der Waals surface area contributed by atoms with Crippen LogP contribution in [0.4, 0.5) is 0 Å². The molecular weight excluding hydrogens is 250 g/mol. The molecule has 4 nitrogen and oxygen atoms in total. The fourth-order valence-electron chi connectivity index (χ4n) is 1.61. The van der Waals surface area contributed by atoms with Crippen LogP contribution >= 0.6 is 11.6 Å². The molecule has 0 spiro atoms. The van der Waals surface area contributed by atoms with Crippen molar-refractivity contribution in [3.05, 3.63) is 52.8 Å². The quantitative estimate of drug-likeness (QED) is 0.862. The Bertz CT molecular complexity index is 602. The van der Waals surface area contributed by atoms with E-state index in [0.717, 1.165) is 11.4 Å². The van der Waals surface area contributed by atoms with Crippen LogP contribution in [0.25, 0.3) is 11.8 Å². The highest BCUT2D eigenvalue weighted by Crippen LogP contribution is 2.24. The topological polar surface area (TPSA) is 60.9 Å². The molecule has 0 unspecified atom stereocenters. The summed E-state index contributed by atoms with van der Waals surface area (Å²) < 4.78 is 1.62. The van der Waals surface area contributed by atoms with Gasteiger partial charge >= 0.3 is 0 Å². The van der Waals surface area contributed by atoms with Crippen molar-refractivity contribution in [1.29, 1.82) is 0 Å². The van der Waals surface area contributed by atoms with Crippen LogP contribution in [0.15, 0.2) is 36.4 Å². The molecule has 0 aliphatic heterocycles. The molecule has 0 aliphatic carbocycles. The SMILES string of the molecule is Cc1nn(-c2ccccc2)c(Cl)c1C=CC(N)=O. The molecule has 0 fully saturated rings. The lowest BCUT2D eigenvalue weighted by atomic mass is 10.2. The average Bonchev–Trinajstić information content (AvgIpc) is 2.63. The minimum absolute atomic E-state index is 0.455. The number of nitrogens with two attached hydrogens (primary N) is 1. The van der Waals surface area contributed by atoms with Crippen molar-refractivity contribution in [2.45, 2.75) is 6.92 Å². The van der Waals surface area contributed by atoms with Crippen LogP contribution in [0, 0.1) is 6.92 Å². The largest absolute Gasteiger partial charge is 0.366 e. The number of amides is 1. The highest BCUT2D eigenvalue weighted by Gasteiger charge is 2.12. The Morgan fingerprint density at radius 3 is 2.67 bits per heavy atom. The Morgan fingerprint density at radius 1 is 1.39 bits per heavy atom. The highest BCUT2D eigenvalue weighted by molar-refractivity contribution is 6.31. The van der Waals surface area contributed by atoms with Crippen molar-refractivity contribution >= 4 is 23.6 Å². The van der Waals surface area contributed by atoms with Crippen LogP contribution in [0.1, 0.15) is 11.3 Å². The van der Waals surface area contributed by atoms with Crippen molar-refractivity contribution in [2.75, 3.05) is 0 Å². The van der Waals surface area contributed by atoms with Crippen molar-refractivity contribution in [3.8, 4) is 5.69 Å². The first-order chi connectivity index (χ1) is 8.59. The molecule has 0 aliphatic rings. The minimum Gasteiger partial charge on any atom is -0.366 e. The molecule has 1 aromatic heterocycles. The summed E-state index contributed by atoms with van der Waals surface area (Å²) >= 11 is 6.24. The number of carbonyl (C=O) groups excluding carboxylic acids is 1. The standard InChI is InChI=1S/C13H12ClN3O/c1-9-11(7-8-12(15)18)13(14)17(16-9)10-5-3-2-4-6-10/h2-8H,1H3,(H2,15,18). The van der Waals surface area contributed by atoms with Gasteiger partial charge in [0.1, 0.15) is 5.15 Å². The second kappa shape index (κ2) is 5.06. The molecule has 1 amide bonds. The smallest absolute Gasteiger partial charge is 0.241 e. The van der Waals surface area contributed by atoms with Crippen molar-refractivity contribution in [2.24, 2.45) is 5.73 Å². The molecule has 2 aromatic rings. The maximum Gasteiger partial charge on any atom is 0.241 e. The number of aryl methyl sites for hydroxylation is 1. The zero-order valence-electron chi connectivity index (χ0n) is 9.80. The monoisotopic (exact) mass is 261 g/mol. The average molecular weight is 262 g/mol. The van der Waals surface area contributed by atoms with E-state index < -0.39 is 5.91 Å². The number of primary amides is 1. The first-order valence-corrected chi connectivity index (χ1v) is 5.75. The van der Waals surface area contributed by atoms with Gasteiger partial charge in [0.25, 0.3) is 0 Å². The maximum absolute atomic E-state index is 10.7. The van der Waals surface area contributed by atoms with Gasteiger partial charge in [0, 0.05) is 11.6 Å². The third-order valence-corrected chi connectivity index (χ3v) is 2.83. The second-order valence-corrected chi connectivity index (χ2v) is 4.13. The van der Waals surface area contributed by atoms with E-state index in [4.69, 9.17) is 17.3 Å². The molecule has 0 radical (unpaired) electrons. The van der Waals surface area contributed by atoms with E-state index in [0.29, 0.717) is 10.7 Å². The Hall–Kier alpha value is -2.07. The number of para-hydroxylation sites is 1. The third kappa shape index (κ3) is 2.43. The molecule has 2 N–H and O–H groups in total. The van der Waals surface area contributed by atoms with E-state index in [1.165, 1.54) is 6.08 Å². The predicted molar refractivity (Wildman–Crippen MR) is 71.5 cm³/mol. The molecule has 1 heterocycles. The van der Waals surface area contributed by atoms with Gasteiger partial charge in [-0.1, -0.05) is 29.8 Å². The summed E-state index contributed by atoms with van der Waals surface area (Å²) in [6.07, 6.45) is 2.84. The van der Waals surface area contributed by atoms with Crippen LogP contribution in [0.3, 0.4) is 0 Å². The van der Waals surface area contributed by atoms with Crippen molar-refractivity contribution in [3.63, 3.8) is 0 Å². The summed E-state index contributed by atoms with van der Waals surface area (Å²) in [7, 11) is 0. The first-order valence-electron chi connectivity index (χ1n) is 5.37. The Morgan fingerprint density at radius 2 is 2.06 bits per heavy atom. The number of halogens is 1. The van der Waals surface area contributed by atoms with Crippen molar-refractivity contribution in [1.82, 2.24) is 9.78 Å². The molecule has 92 valence electrons. The summed E-state index contributed by atoms with van der Waals surface area (Å²) in [5.74, 6) is -0.516. The number of hydrogen-bond acceptors (Lipinski definition) is 2. The Kier molecular flexibility index (Phi) is 3.48. The molecule has 0 saturated heterocycles. The second-order valence-electron chi connectivity index (χ2n) is 3.77. The van der Waals surface area contributed by atoms with E-state index in [9.17, 15) is 4.79 Å². The van der Waals surface area contributed by atoms with Crippen molar-refractivity contribution < 1.29 is 4.79 Å². The highest BCUT2D eigenvalue weighted by atomic mass is 35.5. The van der Waals surface area contributed by atoms with Crippen LogP contribution < -0.4 is 5.73 Å². The van der Waals surface area contributed by atoms with E-state index >= 15 is 0 Å². The van der Waals surface area contributed by atoms with Gasteiger partial charge in [0.15, 0.2) is 0 Å². The number of benzene rings is 1. The van der Waals surface area contributed by atoms with E-state index in [2.05, 4.69) is 5.10 Å². The van der Waals surface area contributed by atoms with E-state index in [1.54, 1.807) is 10.8 Å². The molecule has 0 bridgehead atoms. The number of rotatable bonds is 3. The zero-order chi connectivity index (χ0) is 13.1. The lowest BCUT2D eigenvalue weighted by Crippen LogP contribution is -2.05. The van der Waals surface area contributed by atoms with Gasteiger partial charge in [-0.2, -0.15) is 5.10 Å². The Balaban J connectivity index is 2.47. The number of aromatic nitrogens is 2. The molecule has 0 saturated carbocycles. The minimum atomic E-state index is -0.516. The summed E-state index contributed by atoms with van der Waals surface area (Å²) in [5.41, 5.74) is 7.36. The molecule has 18 heavy (non-hydrogen) atoms. The molecule has 0 atom stereocenters. The van der Waals surface area contributed by atoms with Gasteiger partial charge in [0.2, 0.25) is 5.91 Å². The van der Waals surface area contributed by atoms with Gasteiger partial charge in [-0.25, -0.2) is 4.68 Å². The van der Waals surface area contributed by atoms with Gasteiger partial charge in [-0.3, -0.25) is 4.79 Å². The molecule has 2 rings (SSSR count). The molecule has 5 heteroatoms. The van der Waals surface area contributed by atoms with Crippen LogP contribution in [-0.4, -0.2) is 15.7 Å². The maximum atomic E-state index is 10.7. The van der Waals surface area contributed by atoms with Crippen LogP contribution in [0.2, 0.25) is 5.15 Å².